The van der Waals surface area contributed by atoms with Gasteiger partial charge in [0.1, 0.15) is 12.2 Å². The number of hydrogen-bond acceptors (Lipinski definition) is 7. The van der Waals surface area contributed by atoms with E-state index >= 15 is 0 Å². The summed E-state index contributed by atoms with van der Waals surface area (Å²) in [6.45, 7) is -0.688. The van der Waals surface area contributed by atoms with Crippen LogP contribution in [0, 0.1) is 0 Å². The Morgan fingerprint density at radius 2 is 2.18 bits per heavy atom. The van der Waals surface area contributed by atoms with Crippen molar-refractivity contribution >= 4 is 5.91 Å². The summed E-state index contributed by atoms with van der Waals surface area (Å²) < 4.78 is 19.6. The average molecular weight is 319 g/mol. The van der Waals surface area contributed by atoms with Crippen LogP contribution in [0.15, 0.2) is 15.8 Å². The Kier molecular flexibility index (Phi) is 4.42. The van der Waals surface area contributed by atoms with E-state index in [1.165, 1.54) is 0 Å². The molecule has 122 valence electrons. The Bertz CT molecular complexity index is 687. The highest BCUT2D eigenvalue weighted by Crippen LogP contribution is 2.30. The normalized spacial score (nSPS) is 29.5. The van der Waals surface area contributed by atoms with Crippen LogP contribution in [0.4, 0.5) is 4.39 Å². The average Bonchev–Trinajstić information content (AvgIpc) is 2.74. The van der Waals surface area contributed by atoms with Crippen molar-refractivity contribution in [2.45, 2.75) is 30.7 Å². The van der Waals surface area contributed by atoms with Gasteiger partial charge in [0.05, 0.1) is 12.2 Å². The van der Waals surface area contributed by atoms with E-state index in [1.807, 2.05) is 0 Å². The smallest absolute Gasteiger partial charge is 0.330 e. The lowest BCUT2D eigenvalue weighted by molar-refractivity contribution is -0.126. The summed E-state index contributed by atoms with van der Waals surface area (Å²) in [5.41, 5.74) is 2.14. The zero-order valence-corrected chi connectivity index (χ0v) is 11.0. The van der Waals surface area contributed by atoms with Crippen LogP contribution in [0.2, 0.25) is 0 Å². The Morgan fingerprint density at radius 1 is 1.55 bits per heavy atom. The molecule has 2 rings (SSSR count). The van der Waals surface area contributed by atoms with E-state index in [4.69, 9.17) is 15.6 Å². The topological polar surface area (TPSA) is 168 Å². The van der Waals surface area contributed by atoms with Crippen LogP contribution in [0.5, 0.6) is 0 Å². The van der Waals surface area contributed by atoms with Crippen molar-refractivity contribution in [3.8, 4) is 0 Å². The molecule has 1 unspecified atom stereocenters. The molecule has 6 N–H and O–H groups in total. The lowest BCUT2D eigenvalue weighted by atomic mass is 10.1. The first kappa shape index (κ1) is 16.3. The zero-order chi connectivity index (χ0) is 16.6. The first-order valence-corrected chi connectivity index (χ1v) is 6.19. The van der Waals surface area contributed by atoms with Crippen LogP contribution in [0.1, 0.15) is 17.9 Å². The fraction of sp³-hybridized carbons (Fsp3) is 0.545. The maximum Gasteiger partial charge on any atom is 0.330 e. The van der Waals surface area contributed by atoms with Crippen molar-refractivity contribution in [2.75, 3.05) is 6.61 Å². The van der Waals surface area contributed by atoms with E-state index in [-0.39, 0.29) is 0 Å². The molecule has 0 bridgehead atoms. The molecule has 5 atom stereocenters. The minimum atomic E-state index is -2.07. The maximum absolute atomic E-state index is 14.0. The summed E-state index contributed by atoms with van der Waals surface area (Å²) in [7, 11) is 0. The maximum atomic E-state index is 14.0. The van der Waals surface area contributed by atoms with Gasteiger partial charge in [-0.25, -0.2) is 9.18 Å². The largest absolute Gasteiger partial charge is 0.394 e. The molecule has 0 spiro atoms. The minimum absolute atomic E-state index is 0.562. The first-order valence-electron chi connectivity index (χ1n) is 6.19. The van der Waals surface area contributed by atoms with Gasteiger partial charge in [0, 0.05) is 6.20 Å². The second-order valence-electron chi connectivity index (χ2n) is 4.74. The summed E-state index contributed by atoms with van der Waals surface area (Å²) in [4.78, 5) is 36.0. The molecule has 1 aromatic rings. The number of primary amides is 1. The number of nitrogens with one attached hydrogen (secondary N) is 1. The van der Waals surface area contributed by atoms with Gasteiger partial charge in [-0.1, -0.05) is 0 Å². The van der Waals surface area contributed by atoms with Gasteiger partial charge in [0.2, 0.25) is 0 Å². The van der Waals surface area contributed by atoms with Gasteiger partial charge >= 0.3 is 5.69 Å². The molecule has 22 heavy (non-hydrogen) atoms. The van der Waals surface area contributed by atoms with Crippen LogP contribution >= 0.6 is 0 Å². The highest BCUT2D eigenvalue weighted by Gasteiger charge is 2.45. The molecule has 0 aromatic carbocycles. The molecule has 11 heteroatoms. The third-order valence-electron chi connectivity index (χ3n) is 3.31. The van der Waals surface area contributed by atoms with E-state index in [2.05, 4.69) is 0 Å². The lowest BCUT2D eigenvalue weighted by Gasteiger charge is -2.17. The van der Waals surface area contributed by atoms with Crippen LogP contribution < -0.4 is 17.0 Å². The second kappa shape index (κ2) is 5.96. The molecule has 0 radical (unpaired) electrons. The number of aliphatic hydroxyl groups excluding tert-OH is 3. The van der Waals surface area contributed by atoms with Crippen molar-refractivity contribution < 1.29 is 29.2 Å². The molecule has 0 aliphatic carbocycles. The van der Waals surface area contributed by atoms with Crippen molar-refractivity contribution in [3.63, 3.8) is 0 Å². The molecule has 1 saturated heterocycles. The highest BCUT2D eigenvalue weighted by molar-refractivity contribution is 5.79. The van der Waals surface area contributed by atoms with Crippen LogP contribution in [0.25, 0.3) is 0 Å². The van der Waals surface area contributed by atoms with Gasteiger partial charge < -0.3 is 25.8 Å². The molecule has 1 aliphatic heterocycles. The number of H-pyrrole nitrogens is 1. The summed E-state index contributed by atoms with van der Waals surface area (Å²) >= 11 is 0. The molecule has 1 fully saturated rings. The molecular formula is C11H14FN3O7. The molecule has 1 aromatic heterocycles. The predicted octanol–water partition coefficient (Wildman–Crippen LogP) is -3.36. The summed E-state index contributed by atoms with van der Waals surface area (Å²) in [5, 5.41) is 28.0. The number of aromatic nitrogens is 2. The van der Waals surface area contributed by atoms with Crippen molar-refractivity contribution in [1.29, 1.82) is 0 Å². The third kappa shape index (κ3) is 2.66. The number of ether oxygens (including phenoxy) is 1. The molecule has 1 aliphatic rings. The monoisotopic (exact) mass is 319 g/mol. The number of alkyl halides is 1. The van der Waals surface area contributed by atoms with E-state index in [1.54, 1.807) is 4.98 Å². The van der Waals surface area contributed by atoms with Crippen molar-refractivity contribution in [1.82, 2.24) is 9.55 Å². The molecule has 1 amide bonds. The number of hydrogen-bond donors (Lipinski definition) is 5. The summed E-state index contributed by atoms with van der Waals surface area (Å²) in [5.74, 6) is -1.24. The second-order valence-corrected chi connectivity index (χ2v) is 4.74. The van der Waals surface area contributed by atoms with Crippen LogP contribution in [0.3, 0.4) is 0 Å². The van der Waals surface area contributed by atoms with Crippen molar-refractivity contribution in [2.24, 2.45) is 5.73 Å². The zero-order valence-electron chi connectivity index (χ0n) is 11.0. The van der Waals surface area contributed by atoms with Gasteiger partial charge in [-0.2, -0.15) is 0 Å². The number of aromatic amines is 1. The number of amides is 1. The summed E-state index contributed by atoms with van der Waals surface area (Å²) in [6.07, 6.45) is -7.94. The highest BCUT2D eigenvalue weighted by atomic mass is 19.1. The van der Waals surface area contributed by atoms with Crippen molar-refractivity contribution in [3.05, 3.63) is 32.6 Å². The SMILES string of the molecule is NC(=O)C(O)c1cn([C@@H]2O[C@H](CO)[C@H](O)[C@@H]2F)c(=O)[nH]c1=O. The first-order chi connectivity index (χ1) is 10.3. The Hall–Kier alpha value is -2.08. The number of halogens is 1. The number of carbonyl (C=O) groups is 1. The number of carbonyl (C=O) groups excluding carboxylic acids is 1. The van der Waals surface area contributed by atoms with Gasteiger partial charge in [0.25, 0.3) is 11.5 Å². The number of aliphatic hydroxyl groups is 3. The number of nitrogens with two attached hydrogens (primary N) is 1. The third-order valence-corrected chi connectivity index (χ3v) is 3.31. The Morgan fingerprint density at radius 3 is 2.68 bits per heavy atom. The number of rotatable bonds is 4. The quantitative estimate of drug-likeness (QED) is 0.386. The van der Waals surface area contributed by atoms with E-state index in [0.29, 0.717) is 4.57 Å². The number of nitrogens with zero attached hydrogens (tertiary/aromatic N) is 1. The van der Waals surface area contributed by atoms with Gasteiger partial charge in [0.15, 0.2) is 18.5 Å². The fourth-order valence-electron chi connectivity index (χ4n) is 2.12. The molecule has 0 saturated carbocycles. The standard InChI is InChI=1S/C11H14FN3O7/c12-5-7(18)4(2-16)22-10(5)15-1-3(6(17)8(13)19)9(20)14-11(15)21/h1,4-7,10,16-18H,2H2,(H2,13,19)(H,14,20,21)/t4-,5+,6?,7+,10-/m1/s1. The molecule has 2 heterocycles. The minimum Gasteiger partial charge on any atom is -0.394 e. The van der Waals surface area contributed by atoms with Crippen LogP contribution in [-0.4, -0.2) is 55.8 Å². The van der Waals surface area contributed by atoms with Crippen LogP contribution in [-0.2, 0) is 9.53 Å². The van der Waals surface area contributed by atoms with Gasteiger partial charge in [-0.3, -0.25) is 19.1 Å². The summed E-state index contributed by atoms with van der Waals surface area (Å²) in [6, 6.07) is 0. The van der Waals surface area contributed by atoms with Gasteiger partial charge in [-0.05, 0) is 0 Å². The predicted molar refractivity (Wildman–Crippen MR) is 67.4 cm³/mol. The van der Waals surface area contributed by atoms with E-state index in [0.717, 1.165) is 6.20 Å². The lowest BCUT2D eigenvalue weighted by Crippen LogP contribution is -2.39. The fourth-order valence-corrected chi connectivity index (χ4v) is 2.12. The Labute approximate surface area is 121 Å². The molecular weight excluding hydrogens is 305 g/mol. The van der Waals surface area contributed by atoms with E-state index < -0.39 is 60.0 Å². The van der Waals surface area contributed by atoms with Gasteiger partial charge in [-0.15, -0.1) is 0 Å². The molecule has 10 nitrogen and oxygen atoms in total. The Balaban J connectivity index is 2.48. The van der Waals surface area contributed by atoms with E-state index in [9.17, 15) is 29.0 Å².